The number of aromatic nitrogens is 1. The second-order valence-electron chi connectivity index (χ2n) is 5.82. The SMILES string of the molecule is Cc1ccc(C(=O)N(C)[C@H](C)c2ccc(S(C)(=O)=O)cc2)c(=O)[nH]1. The maximum atomic E-state index is 12.5. The maximum Gasteiger partial charge on any atom is 0.260 e. The zero-order chi connectivity index (χ0) is 18.1. The van der Waals surface area contributed by atoms with Crippen molar-refractivity contribution in [2.45, 2.75) is 24.8 Å². The van der Waals surface area contributed by atoms with Gasteiger partial charge in [-0.2, -0.15) is 0 Å². The quantitative estimate of drug-likeness (QED) is 0.914. The maximum absolute atomic E-state index is 12.5. The molecule has 0 radical (unpaired) electrons. The summed E-state index contributed by atoms with van der Waals surface area (Å²) in [5.74, 6) is -0.393. The van der Waals surface area contributed by atoms with Crippen molar-refractivity contribution >= 4 is 15.7 Å². The van der Waals surface area contributed by atoms with Crippen LogP contribution in [0.3, 0.4) is 0 Å². The molecule has 6 nitrogen and oxygen atoms in total. The van der Waals surface area contributed by atoms with Gasteiger partial charge in [-0.1, -0.05) is 12.1 Å². The summed E-state index contributed by atoms with van der Waals surface area (Å²) in [5.41, 5.74) is 1.11. The zero-order valence-corrected chi connectivity index (χ0v) is 14.8. The van der Waals surface area contributed by atoms with Gasteiger partial charge in [-0.15, -0.1) is 0 Å². The topological polar surface area (TPSA) is 87.3 Å². The summed E-state index contributed by atoms with van der Waals surface area (Å²) in [7, 11) is -1.65. The van der Waals surface area contributed by atoms with E-state index in [1.54, 1.807) is 32.2 Å². The normalized spacial score (nSPS) is 12.7. The summed E-state index contributed by atoms with van der Waals surface area (Å²) in [4.78, 5) is 28.7. The molecule has 0 aliphatic rings. The summed E-state index contributed by atoms with van der Waals surface area (Å²) in [5, 5.41) is 0. The molecule has 1 heterocycles. The lowest BCUT2D eigenvalue weighted by Crippen LogP contribution is -2.33. The van der Waals surface area contributed by atoms with E-state index in [1.807, 2.05) is 6.92 Å². The van der Waals surface area contributed by atoms with E-state index in [4.69, 9.17) is 0 Å². The summed E-state index contributed by atoms with van der Waals surface area (Å²) in [6, 6.07) is 9.23. The first kappa shape index (κ1) is 17.9. The van der Waals surface area contributed by atoms with E-state index < -0.39 is 21.3 Å². The molecule has 2 aromatic rings. The predicted molar refractivity (Wildman–Crippen MR) is 91.9 cm³/mol. The van der Waals surface area contributed by atoms with Crippen LogP contribution in [0.2, 0.25) is 0 Å². The van der Waals surface area contributed by atoms with E-state index >= 15 is 0 Å². The number of pyridine rings is 1. The van der Waals surface area contributed by atoms with Gasteiger partial charge in [-0.05, 0) is 43.7 Å². The fraction of sp³-hybridized carbons (Fsp3) is 0.294. The van der Waals surface area contributed by atoms with Crippen molar-refractivity contribution < 1.29 is 13.2 Å². The van der Waals surface area contributed by atoms with Gasteiger partial charge in [0.15, 0.2) is 9.84 Å². The highest BCUT2D eigenvalue weighted by Gasteiger charge is 2.21. The Hall–Kier alpha value is -2.41. The Bertz CT molecular complexity index is 914. The number of aryl methyl sites for hydroxylation is 1. The molecular weight excluding hydrogens is 328 g/mol. The van der Waals surface area contributed by atoms with Crippen LogP contribution >= 0.6 is 0 Å². The van der Waals surface area contributed by atoms with Gasteiger partial charge in [0, 0.05) is 19.0 Å². The monoisotopic (exact) mass is 348 g/mol. The van der Waals surface area contributed by atoms with Gasteiger partial charge in [0.05, 0.1) is 10.9 Å². The number of hydrogen-bond donors (Lipinski definition) is 1. The average Bonchev–Trinajstić information content (AvgIpc) is 2.52. The Morgan fingerprint density at radius 2 is 1.71 bits per heavy atom. The van der Waals surface area contributed by atoms with E-state index in [1.165, 1.54) is 23.1 Å². The molecule has 0 fully saturated rings. The van der Waals surface area contributed by atoms with E-state index in [0.29, 0.717) is 5.69 Å². The van der Waals surface area contributed by atoms with Crippen LogP contribution in [0.1, 0.15) is 34.6 Å². The lowest BCUT2D eigenvalue weighted by Gasteiger charge is -2.25. The third-order valence-corrected chi connectivity index (χ3v) is 5.11. The highest BCUT2D eigenvalue weighted by atomic mass is 32.2. The number of amides is 1. The van der Waals surface area contributed by atoms with Crippen molar-refractivity contribution in [1.29, 1.82) is 0 Å². The minimum atomic E-state index is -3.26. The lowest BCUT2D eigenvalue weighted by atomic mass is 10.1. The highest BCUT2D eigenvalue weighted by Crippen LogP contribution is 2.21. The van der Waals surface area contributed by atoms with Gasteiger partial charge in [-0.3, -0.25) is 9.59 Å². The number of H-pyrrole nitrogens is 1. The Morgan fingerprint density at radius 3 is 2.21 bits per heavy atom. The van der Waals surface area contributed by atoms with Crippen LogP contribution in [-0.2, 0) is 9.84 Å². The van der Waals surface area contributed by atoms with Crippen LogP contribution in [0.25, 0.3) is 0 Å². The van der Waals surface area contributed by atoms with Gasteiger partial charge in [0.2, 0.25) is 0 Å². The molecule has 0 aliphatic heterocycles. The fourth-order valence-corrected chi connectivity index (χ4v) is 2.95. The molecule has 128 valence electrons. The van der Waals surface area contributed by atoms with Gasteiger partial charge in [0.25, 0.3) is 11.5 Å². The summed E-state index contributed by atoms with van der Waals surface area (Å²) in [6.45, 7) is 3.56. The molecule has 0 saturated carbocycles. The first-order valence-electron chi connectivity index (χ1n) is 7.38. The zero-order valence-electron chi connectivity index (χ0n) is 14.0. The van der Waals surface area contributed by atoms with Crippen molar-refractivity contribution in [2.75, 3.05) is 13.3 Å². The predicted octanol–water partition coefficient (Wildman–Crippen LogP) is 1.92. The van der Waals surface area contributed by atoms with Gasteiger partial charge >= 0.3 is 0 Å². The molecule has 2 rings (SSSR count). The molecule has 1 amide bonds. The van der Waals surface area contributed by atoms with Gasteiger partial charge < -0.3 is 9.88 Å². The number of nitrogens with one attached hydrogen (secondary N) is 1. The molecule has 0 saturated heterocycles. The van der Waals surface area contributed by atoms with Gasteiger partial charge in [0.1, 0.15) is 5.56 Å². The van der Waals surface area contributed by atoms with E-state index in [2.05, 4.69) is 4.98 Å². The number of aromatic amines is 1. The fourth-order valence-electron chi connectivity index (χ4n) is 2.32. The van der Waals surface area contributed by atoms with E-state index in [0.717, 1.165) is 11.8 Å². The largest absolute Gasteiger partial charge is 0.335 e. The average molecular weight is 348 g/mol. The first-order chi connectivity index (χ1) is 11.1. The van der Waals surface area contributed by atoms with Crippen LogP contribution in [0, 0.1) is 6.92 Å². The third-order valence-electron chi connectivity index (χ3n) is 3.98. The van der Waals surface area contributed by atoms with Crippen molar-refractivity contribution in [1.82, 2.24) is 9.88 Å². The minimum absolute atomic E-state index is 0.0720. The van der Waals surface area contributed by atoms with Crippen molar-refractivity contribution in [3.05, 3.63) is 63.6 Å². The number of carbonyl (C=O) groups excluding carboxylic acids is 1. The molecule has 0 unspecified atom stereocenters. The highest BCUT2D eigenvalue weighted by molar-refractivity contribution is 7.90. The number of nitrogens with zero attached hydrogens (tertiary/aromatic N) is 1. The number of hydrogen-bond acceptors (Lipinski definition) is 4. The number of sulfone groups is 1. The first-order valence-corrected chi connectivity index (χ1v) is 9.27. The molecule has 1 aromatic carbocycles. The molecule has 0 aliphatic carbocycles. The minimum Gasteiger partial charge on any atom is -0.335 e. The van der Waals surface area contributed by atoms with Crippen LogP contribution in [0.4, 0.5) is 0 Å². The lowest BCUT2D eigenvalue weighted by molar-refractivity contribution is 0.0740. The Labute approximate surface area is 141 Å². The Morgan fingerprint density at radius 1 is 1.12 bits per heavy atom. The Kier molecular flexibility index (Phi) is 4.94. The smallest absolute Gasteiger partial charge is 0.260 e. The second kappa shape index (κ2) is 6.60. The van der Waals surface area contributed by atoms with Crippen LogP contribution in [-0.4, -0.2) is 37.5 Å². The van der Waals surface area contributed by atoms with Crippen LogP contribution in [0.5, 0.6) is 0 Å². The number of carbonyl (C=O) groups is 1. The standard InChI is InChI=1S/C17H20N2O4S/c1-11-5-10-15(16(20)18-11)17(21)19(3)12(2)13-6-8-14(9-7-13)24(4,22)23/h5-10,12H,1-4H3,(H,18,20)/t12-/m1/s1. The molecule has 1 aromatic heterocycles. The molecule has 0 spiro atoms. The third kappa shape index (κ3) is 3.73. The summed E-state index contributed by atoms with van der Waals surface area (Å²) in [6.07, 6.45) is 1.14. The van der Waals surface area contributed by atoms with Gasteiger partial charge in [-0.25, -0.2) is 8.42 Å². The molecule has 1 atom stereocenters. The second-order valence-corrected chi connectivity index (χ2v) is 7.83. The summed E-state index contributed by atoms with van der Waals surface area (Å²) >= 11 is 0. The molecule has 24 heavy (non-hydrogen) atoms. The van der Waals surface area contributed by atoms with Crippen molar-refractivity contribution in [2.24, 2.45) is 0 Å². The van der Waals surface area contributed by atoms with Crippen LogP contribution < -0.4 is 5.56 Å². The van der Waals surface area contributed by atoms with Crippen molar-refractivity contribution in [3.63, 3.8) is 0 Å². The molecule has 7 heteroatoms. The van der Waals surface area contributed by atoms with Crippen LogP contribution in [0.15, 0.2) is 46.1 Å². The summed E-state index contributed by atoms with van der Waals surface area (Å²) < 4.78 is 23.0. The Balaban J connectivity index is 2.27. The number of rotatable bonds is 4. The van der Waals surface area contributed by atoms with Crippen molar-refractivity contribution in [3.8, 4) is 0 Å². The molecule has 0 bridgehead atoms. The van der Waals surface area contributed by atoms with E-state index in [9.17, 15) is 18.0 Å². The number of benzene rings is 1. The molecule has 1 N–H and O–H groups in total. The van der Waals surface area contributed by atoms with E-state index in [-0.39, 0.29) is 16.5 Å². The molecular formula is C17H20N2O4S.